The molecular weight excluding hydrogens is 340 g/mol. The summed E-state index contributed by atoms with van der Waals surface area (Å²) in [7, 11) is 0. The van der Waals surface area contributed by atoms with Gasteiger partial charge in [0.15, 0.2) is 0 Å². The zero-order valence-corrected chi connectivity index (χ0v) is 15.4. The Bertz CT molecular complexity index is 728. The van der Waals surface area contributed by atoms with Gasteiger partial charge in [0.25, 0.3) is 0 Å². The highest BCUT2D eigenvalue weighted by atomic mass is 16.2. The van der Waals surface area contributed by atoms with Gasteiger partial charge in [0.05, 0.1) is 0 Å². The molecule has 3 N–H and O–H groups in total. The third-order valence-corrected chi connectivity index (χ3v) is 4.68. The largest absolute Gasteiger partial charge is 0.338 e. The molecule has 0 aromatic heterocycles. The SMILES string of the molecule is O=C(Nc1ccccc1)NC1CCN(C(=O)NCCc2ccccc2)CC1. The number of rotatable bonds is 5. The van der Waals surface area contributed by atoms with E-state index >= 15 is 0 Å². The maximum atomic E-state index is 12.3. The molecule has 0 atom stereocenters. The number of hydrogen-bond acceptors (Lipinski definition) is 2. The number of anilines is 1. The highest BCUT2D eigenvalue weighted by Crippen LogP contribution is 2.11. The van der Waals surface area contributed by atoms with Crippen molar-refractivity contribution < 1.29 is 9.59 Å². The molecule has 0 unspecified atom stereocenters. The van der Waals surface area contributed by atoms with Crippen LogP contribution in [0.2, 0.25) is 0 Å². The van der Waals surface area contributed by atoms with Crippen molar-refractivity contribution in [1.82, 2.24) is 15.5 Å². The summed E-state index contributed by atoms with van der Waals surface area (Å²) in [5, 5.41) is 8.78. The second-order valence-electron chi connectivity index (χ2n) is 6.69. The molecule has 0 aliphatic carbocycles. The zero-order chi connectivity index (χ0) is 18.9. The fourth-order valence-electron chi connectivity index (χ4n) is 3.17. The zero-order valence-electron chi connectivity index (χ0n) is 15.4. The van der Waals surface area contributed by atoms with Crippen LogP contribution in [0.15, 0.2) is 60.7 Å². The molecule has 4 amide bonds. The smallest absolute Gasteiger partial charge is 0.319 e. The molecule has 1 fully saturated rings. The van der Waals surface area contributed by atoms with Gasteiger partial charge in [-0.25, -0.2) is 9.59 Å². The molecule has 2 aromatic rings. The van der Waals surface area contributed by atoms with Crippen LogP contribution in [0.1, 0.15) is 18.4 Å². The Balaban J connectivity index is 1.34. The minimum Gasteiger partial charge on any atom is -0.338 e. The average Bonchev–Trinajstić information content (AvgIpc) is 2.70. The van der Waals surface area contributed by atoms with E-state index in [2.05, 4.69) is 28.1 Å². The van der Waals surface area contributed by atoms with Crippen molar-refractivity contribution in [1.29, 1.82) is 0 Å². The minimum atomic E-state index is -0.202. The molecule has 6 nitrogen and oxygen atoms in total. The maximum absolute atomic E-state index is 12.3. The number of piperidine rings is 1. The third kappa shape index (κ3) is 6.02. The number of hydrogen-bond donors (Lipinski definition) is 3. The Hall–Kier alpha value is -3.02. The first kappa shape index (κ1) is 18.8. The van der Waals surface area contributed by atoms with Gasteiger partial charge in [0.2, 0.25) is 0 Å². The van der Waals surface area contributed by atoms with Crippen LogP contribution in [0.25, 0.3) is 0 Å². The van der Waals surface area contributed by atoms with E-state index in [-0.39, 0.29) is 18.1 Å². The van der Waals surface area contributed by atoms with Crippen LogP contribution >= 0.6 is 0 Å². The highest BCUT2D eigenvalue weighted by Gasteiger charge is 2.23. The number of nitrogens with one attached hydrogen (secondary N) is 3. The molecule has 1 heterocycles. The fraction of sp³-hybridized carbons (Fsp3) is 0.333. The summed E-state index contributed by atoms with van der Waals surface area (Å²) < 4.78 is 0. The summed E-state index contributed by atoms with van der Waals surface area (Å²) in [6.07, 6.45) is 2.34. The van der Waals surface area contributed by atoms with Crippen LogP contribution in [0.4, 0.5) is 15.3 Å². The first-order valence-electron chi connectivity index (χ1n) is 9.40. The van der Waals surface area contributed by atoms with Crippen molar-refractivity contribution >= 4 is 17.7 Å². The lowest BCUT2D eigenvalue weighted by molar-refractivity contribution is 0.177. The van der Waals surface area contributed by atoms with Gasteiger partial charge in [-0.3, -0.25) is 0 Å². The van der Waals surface area contributed by atoms with Gasteiger partial charge in [-0.05, 0) is 37.0 Å². The Kier molecular flexibility index (Phi) is 6.68. The summed E-state index contributed by atoms with van der Waals surface area (Å²) in [6.45, 7) is 1.92. The summed E-state index contributed by atoms with van der Waals surface area (Å²) in [4.78, 5) is 26.1. The van der Waals surface area contributed by atoms with Crippen molar-refractivity contribution in [2.45, 2.75) is 25.3 Å². The number of carbonyl (C=O) groups is 2. The number of amides is 4. The molecule has 1 aliphatic heterocycles. The van der Waals surface area contributed by atoms with E-state index in [9.17, 15) is 9.59 Å². The molecule has 0 saturated carbocycles. The van der Waals surface area contributed by atoms with Crippen LogP contribution in [-0.4, -0.2) is 42.6 Å². The van der Waals surface area contributed by atoms with Gasteiger partial charge < -0.3 is 20.9 Å². The second kappa shape index (κ2) is 9.62. The lowest BCUT2D eigenvalue weighted by atomic mass is 10.1. The number of likely N-dealkylation sites (tertiary alicyclic amines) is 1. The van der Waals surface area contributed by atoms with Crippen LogP contribution in [-0.2, 0) is 6.42 Å². The summed E-state index contributed by atoms with van der Waals surface area (Å²) in [6, 6.07) is 19.3. The van der Waals surface area contributed by atoms with E-state index in [0.29, 0.717) is 19.6 Å². The first-order chi connectivity index (χ1) is 13.2. The van der Waals surface area contributed by atoms with E-state index in [0.717, 1.165) is 24.9 Å². The molecule has 0 bridgehead atoms. The van der Waals surface area contributed by atoms with E-state index in [1.807, 2.05) is 53.4 Å². The fourth-order valence-corrected chi connectivity index (χ4v) is 3.17. The molecule has 1 aliphatic rings. The number of benzene rings is 2. The summed E-state index contributed by atoms with van der Waals surface area (Å²) in [5.41, 5.74) is 1.98. The van der Waals surface area contributed by atoms with Crippen molar-refractivity contribution in [3.63, 3.8) is 0 Å². The Morgan fingerprint density at radius 3 is 2.22 bits per heavy atom. The lowest BCUT2D eigenvalue weighted by Gasteiger charge is -2.32. The second-order valence-corrected chi connectivity index (χ2v) is 6.69. The normalized spacial score (nSPS) is 14.4. The molecule has 0 radical (unpaired) electrons. The average molecular weight is 366 g/mol. The number of carbonyl (C=O) groups excluding carboxylic acids is 2. The van der Waals surface area contributed by atoms with E-state index in [1.165, 1.54) is 5.56 Å². The number of nitrogens with zero attached hydrogens (tertiary/aromatic N) is 1. The minimum absolute atomic E-state index is 0.0295. The van der Waals surface area contributed by atoms with Crippen molar-refractivity contribution in [2.75, 3.05) is 25.0 Å². The van der Waals surface area contributed by atoms with Crippen LogP contribution in [0.5, 0.6) is 0 Å². The van der Waals surface area contributed by atoms with E-state index in [1.54, 1.807) is 0 Å². The predicted molar refractivity (Wildman–Crippen MR) is 107 cm³/mol. The van der Waals surface area contributed by atoms with Crippen molar-refractivity contribution in [3.05, 3.63) is 66.2 Å². The maximum Gasteiger partial charge on any atom is 0.319 e. The van der Waals surface area contributed by atoms with E-state index < -0.39 is 0 Å². The summed E-state index contributed by atoms with van der Waals surface area (Å²) in [5.74, 6) is 0. The standard InChI is InChI=1S/C21H26N4O2/c26-20(23-18-9-5-2-6-10-18)24-19-12-15-25(16-13-19)21(27)22-14-11-17-7-3-1-4-8-17/h1-10,19H,11-16H2,(H,22,27)(H2,23,24,26). The molecule has 2 aromatic carbocycles. The predicted octanol–water partition coefficient (Wildman–Crippen LogP) is 3.22. The lowest BCUT2D eigenvalue weighted by Crippen LogP contribution is -2.50. The number of para-hydroxylation sites is 1. The molecule has 1 saturated heterocycles. The van der Waals surface area contributed by atoms with E-state index in [4.69, 9.17) is 0 Å². The Morgan fingerprint density at radius 2 is 1.56 bits per heavy atom. The Labute approximate surface area is 159 Å². The molecular formula is C21H26N4O2. The van der Waals surface area contributed by atoms with Gasteiger partial charge in [-0.1, -0.05) is 48.5 Å². The number of urea groups is 2. The quantitative estimate of drug-likeness (QED) is 0.760. The van der Waals surface area contributed by atoms with Gasteiger partial charge >= 0.3 is 12.1 Å². The van der Waals surface area contributed by atoms with Crippen molar-refractivity contribution in [2.24, 2.45) is 0 Å². The molecule has 27 heavy (non-hydrogen) atoms. The van der Waals surface area contributed by atoms with Gasteiger partial charge in [-0.2, -0.15) is 0 Å². The van der Waals surface area contributed by atoms with Crippen LogP contribution in [0, 0.1) is 0 Å². The molecule has 6 heteroatoms. The van der Waals surface area contributed by atoms with Crippen LogP contribution in [0.3, 0.4) is 0 Å². The summed E-state index contributed by atoms with van der Waals surface area (Å²) >= 11 is 0. The van der Waals surface area contributed by atoms with Crippen LogP contribution < -0.4 is 16.0 Å². The van der Waals surface area contributed by atoms with Gasteiger partial charge in [0, 0.05) is 31.4 Å². The first-order valence-corrected chi connectivity index (χ1v) is 9.40. The third-order valence-electron chi connectivity index (χ3n) is 4.68. The monoisotopic (exact) mass is 366 g/mol. The molecule has 0 spiro atoms. The van der Waals surface area contributed by atoms with Crippen molar-refractivity contribution in [3.8, 4) is 0 Å². The molecule has 142 valence electrons. The molecule has 3 rings (SSSR count). The van der Waals surface area contributed by atoms with Gasteiger partial charge in [0.1, 0.15) is 0 Å². The van der Waals surface area contributed by atoms with Gasteiger partial charge in [-0.15, -0.1) is 0 Å². The highest BCUT2D eigenvalue weighted by molar-refractivity contribution is 5.89. The Morgan fingerprint density at radius 1 is 0.926 bits per heavy atom. The topological polar surface area (TPSA) is 73.5 Å².